The van der Waals surface area contributed by atoms with E-state index in [1.165, 1.54) is 5.56 Å². The Balaban J connectivity index is 1.61. The molecule has 1 aromatic carbocycles. The van der Waals surface area contributed by atoms with Crippen molar-refractivity contribution < 1.29 is 9.84 Å². The van der Waals surface area contributed by atoms with Gasteiger partial charge in [-0.05, 0) is 50.4 Å². The Kier molecular flexibility index (Phi) is 5.57. The first-order valence-electron chi connectivity index (χ1n) is 9.05. The van der Waals surface area contributed by atoms with Gasteiger partial charge in [-0.2, -0.15) is 0 Å². The molecule has 0 bridgehead atoms. The lowest BCUT2D eigenvalue weighted by Gasteiger charge is -2.44. The fourth-order valence-electron chi connectivity index (χ4n) is 3.92. The van der Waals surface area contributed by atoms with E-state index in [9.17, 15) is 5.11 Å². The summed E-state index contributed by atoms with van der Waals surface area (Å²) in [6.45, 7) is 9.77. The van der Waals surface area contributed by atoms with Crippen molar-refractivity contribution in [2.24, 2.45) is 0 Å². The van der Waals surface area contributed by atoms with Gasteiger partial charge in [0.15, 0.2) is 0 Å². The smallest absolute Gasteiger partial charge is 0.126 e. The van der Waals surface area contributed by atoms with E-state index in [0.717, 1.165) is 57.7 Å². The van der Waals surface area contributed by atoms with E-state index < -0.39 is 6.10 Å². The first-order valence-corrected chi connectivity index (χ1v) is 9.05. The van der Waals surface area contributed by atoms with Crippen LogP contribution in [0.25, 0.3) is 0 Å². The van der Waals surface area contributed by atoms with Crippen molar-refractivity contribution >= 4 is 0 Å². The molecule has 23 heavy (non-hydrogen) atoms. The van der Waals surface area contributed by atoms with Gasteiger partial charge in [-0.1, -0.05) is 19.1 Å². The molecule has 1 heterocycles. The van der Waals surface area contributed by atoms with Crippen molar-refractivity contribution in [3.8, 4) is 5.75 Å². The molecule has 0 aromatic heterocycles. The molecule has 3 rings (SSSR count). The first-order chi connectivity index (χ1) is 11.2. The van der Waals surface area contributed by atoms with E-state index in [1.807, 2.05) is 12.1 Å². The van der Waals surface area contributed by atoms with Crippen molar-refractivity contribution in [2.75, 3.05) is 32.7 Å². The van der Waals surface area contributed by atoms with Crippen LogP contribution in [0.1, 0.15) is 31.7 Å². The van der Waals surface area contributed by atoms with E-state index in [2.05, 4.69) is 35.8 Å². The van der Waals surface area contributed by atoms with Gasteiger partial charge in [-0.3, -0.25) is 4.90 Å². The number of rotatable bonds is 4. The molecule has 4 heteroatoms. The third kappa shape index (κ3) is 4.06. The molecule has 4 nitrogen and oxygen atoms in total. The summed E-state index contributed by atoms with van der Waals surface area (Å²) >= 11 is 0. The maximum absolute atomic E-state index is 10.9. The number of aliphatic hydroxyl groups excluding tert-OH is 1. The Bertz CT molecular complexity index is 500. The molecule has 1 aliphatic carbocycles. The molecule has 2 fully saturated rings. The predicted octanol–water partition coefficient (Wildman–Crippen LogP) is 2.29. The fraction of sp³-hybridized carbons (Fsp3) is 0.684. The normalized spacial score (nSPS) is 30.3. The summed E-state index contributed by atoms with van der Waals surface area (Å²) in [7, 11) is 0. The Morgan fingerprint density at radius 3 is 2.65 bits per heavy atom. The van der Waals surface area contributed by atoms with E-state index in [1.54, 1.807) is 0 Å². The minimum atomic E-state index is -0.391. The maximum atomic E-state index is 10.9. The minimum absolute atomic E-state index is 0.0836. The van der Waals surface area contributed by atoms with Crippen molar-refractivity contribution in [3.63, 3.8) is 0 Å². The molecule has 1 aromatic rings. The van der Waals surface area contributed by atoms with Crippen LogP contribution in [0.2, 0.25) is 0 Å². The van der Waals surface area contributed by atoms with Gasteiger partial charge >= 0.3 is 0 Å². The molecular formula is C19H30N2O2. The van der Waals surface area contributed by atoms with Crippen LogP contribution in [0.3, 0.4) is 0 Å². The van der Waals surface area contributed by atoms with Gasteiger partial charge in [0.2, 0.25) is 0 Å². The second-order valence-electron chi connectivity index (χ2n) is 6.93. The van der Waals surface area contributed by atoms with Crippen molar-refractivity contribution in [2.45, 2.75) is 51.4 Å². The Hall–Kier alpha value is -1.10. The van der Waals surface area contributed by atoms with Crippen LogP contribution in [0, 0.1) is 6.92 Å². The summed E-state index contributed by atoms with van der Waals surface area (Å²) in [5.74, 6) is 0.880. The topological polar surface area (TPSA) is 35.9 Å². The maximum Gasteiger partial charge on any atom is 0.126 e. The molecule has 0 unspecified atom stereocenters. The van der Waals surface area contributed by atoms with E-state index in [0.29, 0.717) is 0 Å². The van der Waals surface area contributed by atoms with Crippen molar-refractivity contribution in [3.05, 3.63) is 29.8 Å². The van der Waals surface area contributed by atoms with Gasteiger partial charge in [-0.15, -0.1) is 0 Å². The number of aryl methyl sites for hydroxylation is 1. The summed E-state index contributed by atoms with van der Waals surface area (Å²) < 4.78 is 6.12. The highest BCUT2D eigenvalue weighted by Gasteiger charge is 2.37. The van der Waals surface area contributed by atoms with Gasteiger partial charge in [0, 0.05) is 32.2 Å². The Morgan fingerprint density at radius 1 is 1.17 bits per heavy atom. The average Bonchev–Trinajstić information content (AvgIpc) is 2.57. The van der Waals surface area contributed by atoms with Crippen LogP contribution in [0.5, 0.6) is 5.75 Å². The highest BCUT2D eigenvalue weighted by Crippen LogP contribution is 2.28. The van der Waals surface area contributed by atoms with Crippen LogP contribution in [-0.2, 0) is 0 Å². The second-order valence-corrected chi connectivity index (χ2v) is 6.93. The molecule has 1 aliphatic heterocycles. The summed E-state index contributed by atoms with van der Waals surface area (Å²) in [5.41, 5.74) is 1.19. The number of hydrogen-bond donors (Lipinski definition) is 1. The number of nitrogens with zero attached hydrogens (tertiary/aromatic N) is 2. The molecule has 3 atom stereocenters. The molecule has 128 valence electrons. The van der Waals surface area contributed by atoms with Crippen LogP contribution in [-0.4, -0.2) is 65.9 Å². The second kappa shape index (κ2) is 7.65. The van der Waals surface area contributed by atoms with E-state index in [4.69, 9.17) is 4.74 Å². The molecule has 0 spiro atoms. The first kappa shape index (κ1) is 16.7. The lowest BCUT2D eigenvalue weighted by atomic mass is 9.88. The molecule has 1 saturated heterocycles. The van der Waals surface area contributed by atoms with Crippen LogP contribution < -0.4 is 4.74 Å². The molecule has 2 aliphatic rings. The standard InChI is InChI=1S/C19H30N2O2/c1-3-20-10-12-21(13-11-20)17-8-5-9-18(19(17)22)23-16-7-4-6-15(2)14-16/h4,6-7,14,17-19,22H,3,5,8-13H2,1-2H3/t17-,18+,19+/m0/s1. The summed E-state index contributed by atoms with van der Waals surface area (Å²) in [6, 6.07) is 8.37. The molecule has 1 N–H and O–H groups in total. The number of piperazine rings is 1. The highest BCUT2D eigenvalue weighted by molar-refractivity contribution is 5.27. The SMILES string of the molecule is CCN1CCN([C@H]2CCC[C@@H](Oc3cccc(C)c3)[C@@H]2O)CC1. The van der Waals surface area contributed by atoms with Crippen molar-refractivity contribution in [1.82, 2.24) is 9.80 Å². The van der Waals surface area contributed by atoms with Crippen molar-refractivity contribution in [1.29, 1.82) is 0 Å². The van der Waals surface area contributed by atoms with E-state index in [-0.39, 0.29) is 12.1 Å². The Labute approximate surface area is 140 Å². The van der Waals surface area contributed by atoms with Gasteiger partial charge in [0.05, 0.1) is 0 Å². The molecular weight excluding hydrogens is 288 g/mol. The number of ether oxygens (including phenoxy) is 1. The van der Waals surface area contributed by atoms with Gasteiger partial charge in [0.25, 0.3) is 0 Å². The molecule has 0 amide bonds. The monoisotopic (exact) mass is 318 g/mol. The predicted molar refractivity (Wildman–Crippen MR) is 92.9 cm³/mol. The van der Waals surface area contributed by atoms with Crippen LogP contribution in [0.4, 0.5) is 0 Å². The lowest BCUT2D eigenvalue weighted by Crippen LogP contribution is -2.58. The largest absolute Gasteiger partial charge is 0.488 e. The molecule has 0 radical (unpaired) electrons. The zero-order valence-electron chi connectivity index (χ0n) is 14.4. The number of aliphatic hydroxyl groups is 1. The average molecular weight is 318 g/mol. The zero-order valence-corrected chi connectivity index (χ0v) is 14.4. The zero-order chi connectivity index (χ0) is 16.2. The summed E-state index contributed by atoms with van der Waals surface area (Å²) in [5, 5.41) is 10.9. The number of benzene rings is 1. The van der Waals surface area contributed by atoms with Gasteiger partial charge in [-0.25, -0.2) is 0 Å². The summed E-state index contributed by atoms with van der Waals surface area (Å²) in [6.07, 6.45) is 2.69. The Morgan fingerprint density at radius 2 is 1.96 bits per heavy atom. The lowest BCUT2D eigenvalue weighted by molar-refractivity contribution is -0.0629. The number of likely N-dealkylation sites (N-methyl/N-ethyl adjacent to an activating group) is 1. The van der Waals surface area contributed by atoms with E-state index >= 15 is 0 Å². The van der Waals surface area contributed by atoms with Crippen LogP contribution >= 0.6 is 0 Å². The highest BCUT2D eigenvalue weighted by atomic mass is 16.5. The van der Waals surface area contributed by atoms with Crippen LogP contribution in [0.15, 0.2) is 24.3 Å². The summed E-state index contributed by atoms with van der Waals surface area (Å²) in [4.78, 5) is 4.95. The third-order valence-electron chi connectivity index (χ3n) is 5.36. The minimum Gasteiger partial charge on any atom is -0.488 e. The molecule has 1 saturated carbocycles. The quantitative estimate of drug-likeness (QED) is 0.924. The van der Waals surface area contributed by atoms with Gasteiger partial charge < -0.3 is 14.7 Å². The third-order valence-corrected chi connectivity index (χ3v) is 5.36. The van der Waals surface area contributed by atoms with Gasteiger partial charge in [0.1, 0.15) is 18.0 Å². The number of hydrogen-bond acceptors (Lipinski definition) is 4. The fourth-order valence-corrected chi connectivity index (χ4v) is 3.92.